The highest BCUT2D eigenvalue weighted by atomic mass is 32.2. The van der Waals surface area contributed by atoms with Crippen LogP contribution in [0.1, 0.15) is 67.2 Å². The van der Waals surface area contributed by atoms with Gasteiger partial charge in [-0.25, -0.2) is 9.97 Å². The molecule has 3 heterocycles. The van der Waals surface area contributed by atoms with Crippen molar-refractivity contribution in [1.82, 2.24) is 14.9 Å². The first-order valence-electron chi connectivity index (χ1n) is 14.8. The van der Waals surface area contributed by atoms with Gasteiger partial charge in [-0.3, -0.25) is 9.69 Å². The predicted octanol–water partition coefficient (Wildman–Crippen LogP) is 4.63. The lowest BCUT2D eigenvalue weighted by Gasteiger charge is -2.42. The highest BCUT2D eigenvalue weighted by Crippen LogP contribution is 2.39. The Kier molecular flexibility index (Phi) is 9.68. The molecule has 0 atom stereocenters. The monoisotopic (exact) mass is 607 g/mol. The van der Waals surface area contributed by atoms with E-state index in [1.165, 1.54) is 6.07 Å². The number of carbonyl (C=O) groups excluding carboxylic acids is 1. The summed E-state index contributed by atoms with van der Waals surface area (Å²) < 4.78 is 43.1. The number of rotatable bonds is 8. The lowest BCUT2D eigenvalue weighted by atomic mass is 9.93. The number of anilines is 4. The van der Waals surface area contributed by atoms with Crippen molar-refractivity contribution in [2.75, 3.05) is 53.2 Å². The van der Waals surface area contributed by atoms with Crippen LogP contribution in [0.4, 0.5) is 36.2 Å². The number of aryl methyl sites for hydroxylation is 1. The summed E-state index contributed by atoms with van der Waals surface area (Å²) in [4.78, 5) is 25.5. The van der Waals surface area contributed by atoms with Gasteiger partial charge in [-0.15, -0.1) is 0 Å². The average Bonchev–Trinajstić information content (AvgIpc) is 2.98. The number of nitrogens with zero attached hydrogens (tertiary/aromatic N) is 4. The number of thioether (sulfide) groups is 1. The van der Waals surface area contributed by atoms with Crippen LogP contribution < -0.4 is 21.3 Å². The number of benzene rings is 1. The third-order valence-corrected chi connectivity index (χ3v) is 9.55. The topological polar surface area (TPSA) is 120 Å². The Labute approximate surface area is 248 Å². The number of halogens is 3. The number of hydrogen-bond donors (Lipinski definition) is 4. The molecule has 42 heavy (non-hydrogen) atoms. The first-order chi connectivity index (χ1) is 20.1. The van der Waals surface area contributed by atoms with Crippen LogP contribution in [0.3, 0.4) is 0 Å². The molecule has 2 aromatic rings. The maximum absolute atomic E-state index is 14.4. The smallest absolute Gasteiger partial charge is 0.393 e. The van der Waals surface area contributed by atoms with Crippen LogP contribution in [0.5, 0.6) is 0 Å². The maximum Gasteiger partial charge on any atom is 0.418 e. The van der Waals surface area contributed by atoms with Crippen LogP contribution >= 0.6 is 11.8 Å². The highest BCUT2D eigenvalue weighted by Gasteiger charge is 2.36. The number of aromatic nitrogens is 2. The van der Waals surface area contributed by atoms with Gasteiger partial charge in [0.25, 0.3) is 5.91 Å². The Morgan fingerprint density at radius 1 is 1.05 bits per heavy atom. The predicted molar refractivity (Wildman–Crippen MR) is 161 cm³/mol. The number of aliphatic hydroxyl groups is 1. The molecule has 5 N–H and O–H groups in total. The molecule has 1 aromatic carbocycles. The molecular formula is C29H40F3N7O2S. The summed E-state index contributed by atoms with van der Waals surface area (Å²) in [6.07, 6.45) is 0.674. The fourth-order valence-corrected chi connectivity index (χ4v) is 7.22. The molecule has 1 amide bonds. The molecule has 3 aliphatic rings. The van der Waals surface area contributed by atoms with Gasteiger partial charge in [0.1, 0.15) is 5.82 Å². The molecule has 0 unspecified atom stereocenters. The van der Waals surface area contributed by atoms with E-state index >= 15 is 0 Å². The molecule has 1 aliphatic carbocycles. The van der Waals surface area contributed by atoms with E-state index < -0.39 is 17.6 Å². The van der Waals surface area contributed by atoms with Crippen LogP contribution in [-0.4, -0.2) is 81.8 Å². The largest absolute Gasteiger partial charge is 0.418 e. The molecule has 1 saturated carbocycles. The molecule has 230 valence electrons. The molecular weight excluding hydrogens is 567 g/mol. The summed E-state index contributed by atoms with van der Waals surface area (Å²) in [5.74, 6) is 1.91. The zero-order valence-electron chi connectivity index (χ0n) is 23.9. The van der Waals surface area contributed by atoms with E-state index in [0.717, 1.165) is 56.3 Å². The minimum absolute atomic E-state index is 0.00169. The summed E-state index contributed by atoms with van der Waals surface area (Å²) in [5, 5.41) is 16.1. The Morgan fingerprint density at radius 3 is 2.36 bits per heavy atom. The standard InChI is InChI=1S/C29H40F3N7O2S/c1-2-23-27(34-18-3-6-21(40)7-4-18)37-28(25(36-23)26(33)41)35-19-5-8-24(22(17-19)29(30,31)32)39-13-11-38(12-14-39)20-9-15-42-16-10-20/h5,8,17-18,20-21,40H,2-4,6-7,9-16H2,1H3,(H2,33,41)(H2,34,35,37)/t18-,21-. The molecule has 5 rings (SSSR count). The van der Waals surface area contributed by atoms with Crippen LogP contribution in [0.2, 0.25) is 0 Å². The van der Waals surface area contributed by atoms with Crippen LogP contribution in [-0.2, 0) is 12.6 Å². The number of piperazine rings is 1. The van der Waals surface area contributed by atoms with Gasteiger partial charge in [-0.1, -0.05) is 6.92 Å². The second-order valence-corrected chi connectivity index (χ2v) is 12.5. The minimum Gasteiger partial charge on any atom is -0.393 e. The number of primary amides is 1. The highest BCUT2D eigenvalue weighted by molar-refractivity contribution is 7.99. The first kappa shape index (κ1) is 30.7. The van der Waals surface area contributed by atoms with E-state index in [-0.39, 0.29) is 35.0 Å². The van der Waals surface area contributed by atoms with E-state index in [2.05, 4.69) is 25.5 Å². The second kappa shape index (κ2) is 13.3. The number of carbonyl (C=O) groups is 1. The number of amides is 1. The van der Waals surface area contributed by atoms with Crippen molar-refractivity contribution < 1.29 is 23.1 Å². The SMILES string of the molecule is CCc1nc(C(N)=O)c(Nc2ccc(N3CCN(C4CCSCC4)CC3)c(C(F)(F)F)c2)nc1N[C@H]1CC[C@H](O)CC1. The maximum atomic E-state index is 14.4. The molecule has 0 radical (unpaired) electrons. The lowest BCUT2D eigenvalue weighted by molar-refractivity contribution is -0.137. The Bertz CT molecular complexity index is 1240. The molecule has 2 saturated heterocycles. The molecule has 2 aliphatic heterocycles. The van der Waals surface area contributed by atoms with Crippen molar-refractivity contribution in [3.63, 3.8) is 0 Å². The van der Waals surface area contributed by atoms with Gasteiger partial charge >= 0.3 is 6.18 Å². The molecule has 0 bridgehead atoms. The van der Waals surface area contributed by atoms with Gasteiger partial charge in [0.05, 0.1) is 17.4 Å². The summed E-state index contributed by atoms with van der Waals surface area (Å²) in [6, 6.07) is 4.71. The van der Waals surface area contributed by atoms with E-state index in [9.17, 15) is 23.1 Å². The van der Waals surface area contributed by atoms with Crippen molar-refractivity contribution in [3.8, 4) is 0 Å². The van der Waals surface area contributed by atoms with Crippen LogP contribution in [0.15, 0.2) is 18.2 Å². The summed E-state index contributed by atoms with van der Waals surface area (Å²) in [6.45, 7) is 4.42. The van der Waals surface area contributed by atoms with Gasteiger partial charge in [0.15, 0.2) is 11.5 Å². The number of nitrogens with one attached hydrogen (secondary N) is 2. The van der Waals surface area contributed by atoms with Gasteiger partial charge in [-0.05, 0) is 74.7 Å². The Hall–Kier alpha value is -2.77. The average molecular weight is 608 g/mol. The minimum atomic E-state index is -4.58. The molecule has 0 spiro atoms. The van der Waals surface area contributed by atoms with E-state index in [0.29, 0.717) is 49.9 Å². The molecule has 3 fully saturated rings. The van der Waals surface area contributed by atoms with Crippen LogP contribution in [0, 0.1) is 0 Å². The van der Waals surface area contributed by atoms with Gasteiger partial charge in [0, 0.05) is 49.6 Å². The second-order valence-electron chi connectivity index (χ2n) is 11.3. The lowest BCUT2D eigenvalue weighted by Crippen LogP contribution is -2.51. The number of nitrogens with two attached hydrogens (primary N) is 1. The summed E-state index contributed by atoms with van der Waals surface area (Å²) >= 11 is 1.97. The zero-order valence-corrected chi connectivity index (χ0v) is 24.7. The number of alkyl halides is 3. The van der Waals surface area contributed by atoms with Crippen molar-refractivity contribution in [1.29, 1.82) is 0 Å². The zero-order chi connectivity index (χ0) is 29.9. The van der Waals surface area contributed by atoms with E-state index in [4.69, 9.17) is 5.73 Å². The van der Waals surface area contributed by atoms with Crippen molar-refractivity contribution >= 4 is 40.7 Å². The summed E-state index contributed by atoms with van der Waals surface area (Å²) in [7, 11) is 0. The first-order valence-corrected chi connectivity index (χ1v) is 16.0. The third kappa shape index (κ3) is 7.23. The van der Waals surface area contributed by atoms with Crippen molar-refractivity contribution in [2.45, 2.75) is 76.2 Å². The fourth-order valence-electron chi connectivity index (χ4n) is 6.14. The number of aliphatic hydroxyl groups excluding tert-OH is 1. The summed E-state index contributed by atoms with van der Waals surface area (Å²) in [5.41, 5.74) is 5.56. The fraction of sp³-hybridized carbons (Fsp3) is 0.621. The Balaban J connectivity index is 1.38. The quantitative estimate of drug-likeness (QED) is 0.341. The van der Waals surface area contributed by atoms with E-state index in [1.54, 1.807) is 6.07 Å². The number of hydrogen-bond acceptors (Lipinski definition) is 9. The van der Waals surface area contributed by atoms with Gasteiger partial charge < -0.3 is 26.4 Å². The molecule has 9 nitrogen and oxygen atoms in total. The van der Waals surface area contributed by atoms with Gasteiger partial charge in [-0.2, -0.15) is 24.9 Å². The molecule has 1 aromatic heterocycles. The normalized spacial score (nSPS) is 22.6. The van der Waals surface area contributed by atoms with E-state index in [1.807, 2.05) is 23.6 Å². The van der Waals surface area contributed by atoms with Crippen LogP contribution in [0.25, 0.3) is 0 Å². The Morgan fingerprint density at radius 2 is 1.74 bits per heavy atom. The third-order valence-electron chi connectivity index (χ3n) is 8.50. The van der Waals surface area contributed by atoms with Crippen molar-refractivity contribution in [2.24, 2.45) is 5.73 Å². The molecule has 13 heteroatoms. The van der Waals surface area contributed by atoms with Gasteiger partial charge in [0.2, 0.25) is 0 Å². The van der Waals surface area contributed by atoms with Crippen molar-refractivity contribution in [3.05, 3.63) is 35.2 Å².